The van der Waals surface area contributed by atoms with Gasteiger partial charge in [-0.15, -0.1) is 0 Å². The second-order valence-corrected chi connectivity index (χ2v) is 4.78. The third-order valence-corrected chi connectivity index (χ3v) is 3.39. The highest BCUT2D eigenvalue weighted by Crippen LogP contribution is 2.15. The fourth-order valence-electron chi connectivity index (χ4n) is 2.33. The molecule has 3 unspecified atom stereocenters. The lowest BCUT2D eigenvalue weighted by atomic mass is 10.0. The Kier molecular flexibility index (Phi) is 4.03. The monoisotopic (exact) mass is 258 g/mol. The van der Waals surface area contributed by atoms with Crippen molar-refractivity contribution in [1.29, 1.82) is 0 Å². The summed E-state index contributed by atoms with van der Waals surface area (Å²) in [6, 6.07) is -0.815. The van der Waals surface area contributed by atoms with E-state index in [9.17, 15) is 14.7 Å². The number of hydrogen-bond donors (Lipinski definition) is 3. The van der Waals surface area contributed by atoms with Gasteiger partial charge in [-0.3, -0.25) is 4.79 Å². The van der Waals surface area contributed by atoms with Crippen LogP contribution in [0.3, 0.4) is 0 Å². The molecule has 0 bridgehead atoms. The Morgan fingerprint density at radius 2 is 2.11 bits per heavy atom. The van der Waals surface area contributed by atoms with Gasteiger partial charge in [0.05, 0.1) is 25.4 Å². The molecule has 2 fully saturated rings. The standard InChI is InChI=1S/C11H18N2O5/c14-7-2-1-3-13(4-7)11(17)12-9-6-18-5-8(9)10(15)16/h7-9,14H,1-6H2,(H,12,17)(H,15,16). The van der Waals surface area contributed by atoms with Crippen LogP contribution in [0.25, 0.3) is 0 Å². The Hall–Kier alpha value is -1.34. The van der Waals surface area contributed by atoms with Crippen molar-refractivity contribution in [3.63, 3.8) is 0 Å². The first-order valence-corrected chi connectivity index (χ1v) is 6.12. The summed E-state index contributed by atoms with van der Waals surface area (Å²) in [5, 5.41) is 21.1. The number of aliphatic carboxylic acids is 1. The van der Waals surface area contributed by atoms with E-state index in [2.05, 4.69) is 5.32 Å². The van der Waals surface area contributed by atoms with E-state index in [0.717, 1.165) is 6.42 Å². The van der Waals surface area contributed by atoms with E-state index in [1.807, 2.05) is 0 Å². The van der Waals surface area contributed by atoms with E-state index in [1.165, 1.54) is 4.90 Å². The van der Waals surface area contributed by atoms with Crippen molar-refractivity contribution in [3.05, 3.63) is 0 Å². The average Bonchev–Trinajstić information content (AvgIpc) is 2.77. The Morgan fingerprint density at radius 1 is 1.33 bits per heavy atom. The lowest BCUT2D eigenvalue weighted by molar-refractivity contribution is -0.142. The molecular formula is C11H18N2O5. The van der Waals surface area contributed by atoms with E-state index in [-0.39, 0.29) is 19.2 Å². The number of carboxylic acid groups (broad SMARTS) is 1. The van der Waals surface area contributed by atoms with Gasteiger partial charge in [-0.1, -0.05) is 0 Å². The number of piperidine rings is 1. The number of carboxylic acids is 1. The Balaban J connectivity index is 1.88. The molecular weight excluding hydrogens is 240 g/mol. The molecule has 0 aromatic heterocycles. The summed E-state index contributed by atoms with van der Waals surface area (Å²) in [5.41, 5.74) is 0. The first kappa shape index (κ1) is 13.1. The molecule has 0 aromatic carbocycles. The first-order valence-electron chi connectivity index (χ1n) is 6.12. The van der Waals surface area contributed by atoms with Crippen LogP contribution in [0.1, 0.15) is 12.8 Å². The fourth-order valence-corrected chi connectivity index (χ4v) is 2.33. The number of urea groups is 1. The van der Waals surface area contributed by atoms with Crippen LogP contribution in [0.2, 0.25) is 0 Å². The zero-order valence-corrected chi connectivity index (χ0v) is 10.0. The highest BCUT2D eigenvalue weighted by Gasteiger charge is 2.36. The molecule has 2 heterocycles. The van der Waals surface area contributed by atoms with Crippen molar-refractivity contribution >= 4 is 12.0 Å². The normalized spacial score (nSPS) is 32.3. The summed E-state index contributed by atoms with van der Waals surface area (Å²) in [7, 11) is 0. The van der Waals surface area contributed by atoms with Gasteiger partial charge in [0.1, 0.15) is 5.92 Å². The van der Waals surface area contributed by atoms with Crippen molar-refractivity contribution < 1.29 is 24.5 Å². The zero-order chi connectivity index (χ0) is 13.1. The molecule has 0 spiro atoms. The number of likely N-dealkylation sites (tertiary alicyclic amines) is 1. The molecule has 0 aromatic rings. The van der Waals surface area contributed by atoms with E-state index in [0.29, 0.717) is 19.5 Å². The Morgan fingerprint density at radius 3 is 2.78 bits per heavy atom. The summed E-state index contributed by atoms with van der Waals surface area (Å²) >= 11 is 0. The molecule has 18 heavy (non-hydrogen) atoms. The van der Waals surface area contributed by atoms with Crippen LogP contribution < -0.4 is 5.32 Å². The van der Waals surface area contributed by atoms with Crippen molar-refractivity contribution in [2.24, 2.45) is 5.92 Å². The largest absolute Gasteiger partial charge is 0.481 e. The van der Waals surface area contributed by atoms with Gasteiger partial charge < -0.3 is 25.2 Å². The number of nitrogens with zero attached hydrogens (tertiary/aromatic N) is 1. The molecule has 0 radical (unpaired) electrons. The van der Waals surface area contributed by atoms with Crippen LogP contribution in [0.15, 0.2) is 0 Å². The fraction of sp³-hybridized carbons (Fsp3) is 0.818. The number of carbonyl (C=O) groups is 2. The second kappa shape index (κ2) is 5.53. The molecule has 2 aliphatic rings. The van der Waals surface area contributed by atoms with Crippen LogP contribution >= 0.6 is 0 Å². The van der Waals surface area contributed by atoms with Crippen LogP contribution in [0.4, 0.5) is 4.79 Å². The maximum atomic E-state index is 11.9. The van der Waals surface area contributed by atoms with E-state index >= 15 is 0 Å². The topological polar surface area (TPSA) is 99.1 Å². The molecule has 102 valence electrons. The number of β-amino-alcohol motifs (C(OH)–C–C–N with tert-alkyl or cyclic N) is 1. The maximum Gasteiger partial charge on any atom is 0.317 e. The highest BCUT2D eigenvalue weighted by atomic mass is 16.5. The molecule has 2 aliphatic heterocycles. The number of amides is 2. The summed E-state index contributed by atoms with van der Waals surface area (Å²) in [4.78, 5) is 24.4. The van der Waals surface area contributed by atoms with E-state index in [4.69, 9.17) is 9.84 Å². The SMILES string of the molecule is O=C(O)C1COCC1NC(=O)N1CCCC(O)C1. The van der Waals surface area contributed by atoms with Crippen molar-refractivity contribution in [2.75, 3.05) is 26.3 Å². The van der Waals surface area contributed by atoms with Gasteiger partial charge in [0.15, 0.2) is 0 Å². The Labute approximate surface area is 105 Å². The summed E-state index contributed by atoms with van der Waals surface area (Å²) in [6.07, 6.45) is 0.978. The Bertz CT molecular complexity index is 335. The van der Waals surface area contributed by atoms with Crippen LogP contribution in [0, 0.1) is 5.92 Å². The second-order valence-electron chi connectivity index (χ2n) is 4.78. The van der Waals surface area contributed by atoms with Gasteiger partial charge in [0.2, 0.25) is 0 Å². The lowest BCUT2D eigenvalue weighted by Gasteiger charge is -2.31. The molecule has 7 nitrogen and oxygen atoms in total. The molecule has 2 amide bonds. The average molecular weight is 258 g/mol. The quantitative estimate of drug-likeness (QED) is 0.605. The molecule has 0 aliphatic carbocycles. The van der Waals surface area contributed by atoms with Gasteiger partial charge in [-0.2, -0.15) is 0 Å². The number of aliphatic hydroxyl groups is 1. The number of aliphatic hydroxyl groups excluding tert-OH is 1. The molecule has 2 saturated heterocycles. The van der Waals surface area contributed by atoms with Gasteiger partial charge in [0, 0.05) is 13.1 Å². The van der Waals surface area contributed by atoms with Crippen LogP contribution in [0.5, 0.6) is 0 Å². The minimum Gasteiger partial charge on any atom is -0.481 e. The number of ether oxygens (including phenoxy) is 1. The smallest absolute Gasteiger partial charge is 0.317 e. The van der Waals surface area contributed by atoms with Crippen molar-refractivity contribution in [1.82, 2.24) is 10.2 Å². The predicted molar refractivity (Wildman–Crippen MR) is 61.1 cm³/mol. The van der Waals surface area contributed by atoms with E-state index < -0.39 is 24.0 Å². The summed E-state index contributed by atoms with van der Waals surface area (Å²) < 4.78 is 5.08. The summed E-state index contributed by atoms with van der Waals surface area (Å²) in [5.74, 6) is -1.65. The molecule has 3 N–H and O–H groups in total. The molecule has 3 atom stereocenters. The zero-order valence-electron chi connectivity index (χ0n) is 10.0. The van der Waals surface area contributed by atoms with Crippen molar-refractivity contribution in [3.8, 4) is 0 Å². The van der Waals surface area contributed by atoms with Gasteiger partial charge in [-0.05, 0) is 12.8 Å². The molecule has 0 saturated carbocycles. The van der Waals surface area contributed by atoms with Gasteiger partial charge >= 0.3 is 12.0 Å². The third kappa shape index (κ3) is 2.91. The minimum atomic E-state index is -0.962. The number of hydrogen-bond acceptors (Lipinski definition) is 4. The molecule has 7 heteroatoms. The molecule has 2 rings (SSSR count). The highest BCUT2D eigenvalue weighted by molar-refractivity contribution is 5.77. The first-order chi connectivity index (χ1) is 8.58. The van der Waals surface area contributed by atoms with Crippen molar-refractivity contribution in [2.45, 2.75) is 25.0 Å². The third-order valence-electron chi connectivity index (χ3n) is 3.39. The van der Waals surface area contributed by atoms with Gasteiger partial charge in [0.25, 0.3) is 0 Å². The van der Waals surface area contributed by atoms with Crippen LogP contribution in [-0.2, 0) is 9.53 Å². The summed E-state index contributed by atoms with van der Waals surface area (Å²) in [6.45, 7) is 1.24. The number of rotatable bonds is 2. The lowest BCUT2D eigenvalue weighted by Crippen LogP contribution is -2.52. The predicted octanol–water partition coefficient (Wildman–Crippen LogP) is -0.748. The maximum absolute atomic E-state index is 11.9. The van der Waals surface area contributed by atoms with Gasteiger partial charge in [-0.25, -0.2) is 4.79 Å². The minimum absolute atomic E-state index is 0.128. The number of nitrogens with one attached hydrogen (secondary N) is 1. The van der Waals surface area contributed by atoms with Crippen LogP contribution in [-0.4, -0.2) is 65.6 Å². The number of carbonyl (C=O) groups excluding carboxylic acids is 1. The van der Waals surface area contributed by atoms with E-state index in [1.54, 1.807) is 0 Å².